The minimum Gasteiger partial charge on any atom is -0.508 e. The Balaban J connectivity index is 1.54. The molecule has 3 aliphatic heterocycles. The lowest BCUT2D eigenvalue weighted by molar-refractivity contribution is -0.149. The fourth-order valence-electron chi connectivity index (χ4n) is 10.8. The Hall–Kier alpha value is -5.93. The van der Waals surface area contributed by atoms with E-state index in [1.54, 1.807) is 0 Å². The van der Waals surface area contributed by atoms with Crippen molar-refractivity contribution in [1.82, 2.24) is 31.1 Å². The third-order valence-corrected chi connectivity index (χ3v) is 16.9. The number of nitrogens with one attached hydrogen (secondary N) is 4. The van der Waals surface area contributed by atoms with Crippen molar-refractivity contribution in [3.63, 3.8) is 0 Å². The van der Waals surface area contributed by atoms with E-state index in [1.165, 1.54) is 42.8 Å². The summed E-state index contributed by atoms with van der Waals surface area (Å²) in [5, 5.41) is 109. The fourth-order valence-corrected chi connectivity index (χ4v) is 11.9. The standard InChI is InChI=1S/C57H85N7O17S/c1-5-30(2)24-31(3)12-10-8-6-7-9-11-13-46(74)59-39-27-44(72)55(82-37-20-18-35(67)19-21-37)62-54(79)49-41(69)22-23-63(49)57(81)48(43(71)28-45(58)73)61-52(77)38(51(76)50(75)33-14-16-34(66)17-15-33)26-42(70)40-25-36(68)29-64(40)56(80)47(32(4)65)60-53(39)78/h14-21,30-32,36,38-41,43-44,47-51,55,65-69,71-72,75-76H,5-13,22-29H2,1-4H3,(H2,58,73)(H,59,74)(H,60,78)(H,61,77)(H,62,79)/t30?,31?,32-,36-,38+,39+,40+,41+,43-,44-,47+,48+,49+,50+,51+,55-/m1/s1. The molecule has 2 aromatic rings. The van der Waals surface area contributed by atoms with Gasteiger partial charge in [-0.1, -0.05) is 89.6 Å². The highest BCUT2D eigenvalue weighted by atomic mass is 32.2. The van der Waals surface area contributed by atoms with Crippen LogP contribution in [0.15, 0.2) is 53.4 Å². The number of fused-ring (bicyclic) bond motifs is 2. The van der Waals surface area contributed by atoms with E-state index >= 15 is 0 Å². The number of unbranched alkanes of at least 4 members (excludes halogenated alkanes) is 5. The van der Waals surface area contributed by atoms with Gasteiger partial charge in [-0.15, -0.1) is 0 Å². The van der Waals surface area contributed by atoms with Gasteiger partial charge in [0, 0.05) is 43.7 Å². The molecule has 456 valence electrons. The van der Waals surface area contributed by atoms with E-state index in [0.717, 1.165) is 79.1 Å². The van der Waals surface area contributed by atoms with Gasteiger partial charge in [-0.25, -0.2) is 0 Å². The van der Waals surface area contributed by atoms with E-state index in [0.29, 0.717) is 29.6 Å². The summed E-state index contributed by atoms with van der Waals surface area (Å²) in [6.07, 6.45) is -7.99. The number of nitrogens with zero attached hydrogens (tertiary/aromatic N) is 2. The van der Waals surface area contributed by atoms with E-state index in [9.17, 15) is 84.3 Å². The topological polar surface area (TPSA) is 399 Å². The molecule has 3 aliphatic rings. The van der Waals surface area contributed by atoms with Gasteiger partial charge in [0.15, 0.2) is 5.78 Å². The van der Waals surface area contributed by atoms with Crippen LogP contribution in [-0.4, -0.2) is 188 Å². The molecule has 3 heterocycles. The summed E-state index contributed by atoms with van der Waals surface area (Å²) in [5.41, 5.74) is 5.35. The number of ketones is 1. The molecule has 24 nitrogen and oxygen atoms in total. The third-order valence-electron chi connectivity index (χ3n) is 15.7. The first-order valence-electron chi connectivity index (χ1n) is 28.4. The van der Waals surface area contributed by atoms with Gasteiger partial charge in [0.1, 0.15) is 47.1 Å². The number of amides is 7. The van der Waals surface area contributed by atoms with E-state index in [2.05, 4.69) is 42.0 Å². The van der Waals surface area contributed by atoms with Crippen LogP contribution < -0.4 is 27.0 Å². The molecule has 5 rings (SSSR count). The fraction of sp³-hybridized carbons (Fsp3) is 0.649. The molecule has 2 unspecified atom stereocenters. The summed E-state index contributed by atoms with van der Waals surface area (Å²) >= 11 is 0.804. The first-order valence-corrected chi connectivity index (χ1v) is 29.3. The summed E-state index contributed by atoms with van der Waals surface area (Å²) < 4.78 is 0. The maximum absolute atomic E-state index is 14.8. The summed E-state index contributed by atoms with van der Waals surface area (Å²) in [4.78, 5) is 116. The SMILES string of the molecule is CCC(C)CC(C)CCCCCCCCC(=O)N[C@H]1C[C@@H](O)[C@@H](Sc2ccc(O)cc2)NC(=O)[C@@H]2[C@@H](O)CCN2C(=O)[C@H]([C@H](O)CC(N)=O)NC(=O)[C@H]([C@H](O)[C@@H](O)c2ccc(O)cc2)CC(=O)[C@@H]2C[C@@H](O)CN2C(=O)[C@H]([C@@H](C)O)NC1=O. The summed E-state index contributed by atoms with van der Waals surface area (Å²) in [6, 6.07) is 0.932. The molecule has 2 aromatic carbocycles. The zero-order valence-electron chi connectivity index (χ0n) is 47.0. The largest absolute Gasteiger partial charge is 0.508 e. The van der Waals surface area contributed by atoms with E-state index < -0.39 is 170 Å². The number of thioether (sulfide) groups is 1. The first-order chi connectivity index (χ1) is 38.8. The van der Waals surface area contributed by atoms with Gasteiger partial charge in [0.05, 0.1) is 55.0 Å². The highest BCUT2D eigenvalue weighted by Gasteiger charge is 2.49. The Labute approximate surface area is 482 Å². The molecule has 0 saturated carbocycles. The number of hydrogen-bond acceptors (Lipinski definition) is 18. The normalized spacial score (nSPS) is 27.6. The number of hydrogen-bond donors (Lipinski definition) is 14. The van der Waals surface area contributed by atoms with Crippen LogP contribution in [-0.2, 0) is 38.4 Å². The molecular weight excluding hydrogens is 1090 g/mol. The second-order valence-corrected chi connectivity index (χ2v) is 23.7. The predicted octanol–water partition coefficient (Wildman–Crippen LogP) is 0.255. The van der Waals surface area contributed by atoms with Crippen molar-refractivity contribution in [2.75, 3.05) is 13.1 Å². The molecule has 3 saturated heterocycles. The number of benzene rings is 2. The third kappa shape index (κ3) is 19.1. The number of rotatable bonds is 22. The number of aliphatic hydroxyl groups is 7. The van der Waals surface area contributed by atoms with Crippen molar-refractivity contribution in [1.29, 1.82) is 0 Å². The highest BCUT2D eigenvalue weighted by Crippen LogP contribution is 2.32. The van der Waals surface area contributed by atoms with Gasteiger partial charge < -0.3 is 82.8 Å². The lowest BCUT2D eigenvalue weighted by Gasteiger charge is -2.34. The molecule has 82 heavy (non-hydrogen) atoms. The van der Waals surface area contributed by atoms with Gasteiger partial charge in [-0.3, -0.25) is 38.4 Å². The number of carbonyl (C=O) groups excluding carboxylic acids is 8. The lowest BCUT2D eigenvalue weighted by atomic mass is 9.86. The molecule has 0 radical (unpaired) electrons. The Morgan fingerprint density at radius 2 is 1.33 bits per heavy atom. The van der Waals surface area contributed by atoms with E-state index in [4.69, 9.17) is 5.73 Å². The van der Waals surface area contributed by atoms with Crippen LogP contribution in [0.5, 0.6) is 11.5 Å². The molecule has 0 bridgehead atoms. The zero-order valence-corrected chi connectivity index (χ0v) is 47.9. The average molecular weight is 1170 g/mol. The molecule has 0 aliphatic carbocycles. The number of primary amides is 1. The molecule has 25 heteroatoms. The number of carbonyl (C=O) groups is 8. The minimum absolute atomic E-state index is 0.0555. The van der Waals surface area contributed by atoms with Gasteiger partial charge in [0.2, 0.25) is 41.4 Å². The number of aliphatic hydroxyl groups excluding tert-OH is 7. The van der Waals surface area contributed by atoms with Crippen LogP contribution in [0.25, 0.3) is 0 Å². The second kappa shape index (κ2) is 31.7. The van der Waals surface area contributed by atoms with Crippen LogP contribution in [0.2, 0.25) is 0 Å². The molecular formula is C57H85N7O17S. The molecule has 0 spiro atoms. The van der Waals surface area contributed by atoms with Gasteiger partial charge in [0.25, 0.3) is 0 Å². The number of phenols is 2. The second-order valence-electron chi connectivity index (χ2n) is 22.5. The van der Waals surface area contributed by atoms with Crippen molar-refractivity contribution in [2.24, 2.45) is 23.5 Å². The monoisotopic (exact) mass is 1170 g/mol. The summed E-state index contributed by atoms with van der Waals surface area (Å²) in [5.74, 6) is -9.95. The Bertz CT molecular complexity index is 2470. The molecule has 7 amide bonds. The first kappa shape index (κ1) is 66.9. The van der Waals surface area contributed by atoms with Crippen LogP contribution in [0.1, 0.15) is 136 Å². The number of phenolic OH excluding ortho intramolecular Hbond substituents is 2. The van der Waals surface area contributed by atoms with Crippen molar-refractivity contribution in [3.8, 4) is 11.5 Å². The maximum Gasteiger partial charge on any atom is 0.248 e. The Morgan fingerprint density at radius 1 is 0.732 bits per heavy atom. The lowest BCUT2D eigenvalue weighted by Crippen LogP contribution is -2.61. The molecule has 15 N–H and O–H groups in total. The predicted molar refractivity (Wildman–Crippen MR) is 298 cm³/mol. The maximum atomic E-state index is 14.8. The Morgan fingerprint density at radius 3 is 1.95 bits per heavy atom. The quantitative estimate of drug-likeness (QED) is 0.0703. The van der Waals surface area contributed by atoms with Crippen LogP contribution in [0.4, 0.5) is 0 Å². The summed E-state index contributed by atoms with van der Waals surface area (Å²) in [6.45, 7) is 6.92. The number of aromatic hydroxyl groups is 2. The number of nitrogens with two attached hydrogens (primary N) is 1. The van der Waals surface area contributed by atoms with E-state index in [1.807, 2.05) is 0 Å². The van der Waals surface area contributed by atoms with Crippen molar-refractivity contribution in [3.05, 3.63) is 54.1 Å². The highest BCUT2D eigenvalue weighted by molar-refractivity contribution is 8.00. The van der Waals surface area contributed by atoms with Gasteiger partial charge in [-0.05, 0) is 80.0 Å². The van der Waals surface area contributed by atoms with Crippen LogP contribution in [0, 0.1) is 17.8 Å². The minimum atomic E-state index is -2.25. The van der Waals surface area contributed by atoms with Crippen LogP contribution >= 0.6 is 11.8 Å². The smallest absolute Gasteiger partial charge is 0.248 e. The molecule has 0 aromatic heterocycles. The van der Waals surface area contributed by atoms with E-state index in [-0.39, 0.29) is 29.9 Å². The van der Waals surface area contributed by atoms with Crippen molar-refractivity contribution < 1.29 is 84.3 Å². The van der Waals surface area contributed by atoms with Gasteiger partial charge in [-0.2, -0.15) is 0 Å². The van der Waals surface area contributed by atoms with Gasteiger partial charge >= 0.3 is 0 Å². The van der Waals surface area contributed by atoms with Crippen molar-refractivity contribution >= 4 is 58.9 Å². The Kier molecular flexibility index (Phi) is 25.8. The average Bonchev–Trinajstić information content (AvgIpc) is 4.21. The van der Waals surface area contributed by atoms with Crippen molar-refractivity contribution in [2.45, 2.75) is 207 Å². The molecule has 16 atom stereocenters. The molecule has 3 fully saturated rings. The zero-order chi connectivity index (χ0) is 60.5. The summed E-state index contributed by atoms with van der Waals surface area (Å²) in [7, 11) is 0. The number of Topliss-reactive ketones (excluding diaryl/α,β-unsaturated/α-hetero) is 1. The van der Waals surface area contributed by atoms with Crippen LogP contribution in [0.3, 0.4) is 0 Å².